The number of amides is 1. The number of hydrogen-bond acceptors (Lipinski definition) is 5. The van der Waals surface area contributed by atoms with Gasteiger partial charge >= 0.3 is 0 Å². The Labute approximate surface area is 161 Å². The first-order valence-electron chi connectivity index (χ1n) is 9.00. The van der Waals surface area contributed by atoms with E-state index in [1.807, 2.05) is 30.3 Å². The zero-order chi connectivity index (χ0) is 18.6. The van der Waals surface area contributed by atoms with Gasteiger partial charge in [0.1, 0.15) is 5.82 Å². The molecule has 5 nitrogen and oxygen atoms in total. The molecule has 1 aliphatic rings. The van der Waals surface area contributed by atoms with Crippen molar-refractivity contribution in [3.63, 3.8) is 0 Å². The van der Waals surface area contributed by atoms with Crippen molar-refractivity contribution < 1.29 is 9.18 Å². The summed E-state index contributed by atoms with van der Waals surface area (Å²) in [6.45, 7) is 4.48. The van der Waals surface area contributed by atoms with Crippen LogP contribution < -0.4 is 5.32 Å². The number of nitrogens with one attached hydrogen (secondary N) is 1. The van der Waals surface area contributed by atoms with Gasteiger partial charge in [-0.2, -0.15) is 0 Å². The highest BCUT2D eigenvalue weighted by atomic mass is 32.1. The van der Waals surface area contributed by atoms with Gasteiger partial charge < -0.3 is 5.32 Å². The van der Waals surface area contributed by atoms with Crippen molar-refractivity contribution in [1.82, 2.24) is 14.8 Å². The lowest BCUT2D eigenvalue weighted by atomic mass is 10.2. The average molecular weight is 384 g/mol. The number of carbonyl (C=O) groups excluding carboxylic acids is 1. The first-order valence-corrected chi connectivity index (χ1v) is 9.82. The molecule has 0 spiro atoms. The van der Waals surface area contributed by atoms with Crippen LogP contribution in [0.3, 0.4) is 0 Å². The quantitative estimate of drug-likeness (QED) is 0.734. The molecule has 1 fully saturated rings. The third-order valence-corrected chi connectivity index (χ3v) is 5.62. The molecule has 140 valence electrons. The molecule has 0 atom stereocenters. The van der Waals surface area contributed by atoms with Crippen LogP contribution in [0.25, 0.3) is 10.2 Å². The summed E-state index contributed by atoms with van der Waals surface area (Å²) < 4.78 is 14.4. The molecule has 1 aliphatic heterocycles. The highest BCUT2D eigenvalue weighted by Gasteiger charge is 2.19. The number of benzene rings is 2. The summed E-state index contributed by atoms with van der Waals surface area (Å²) in [5, 5.41) is 3.55. The fourth-order valence-corrected chi connectivity index (χ4v) is 4.17. The van der Waals surface area contributed by atoms with Crippen molar-refractivity contribution >= 4 is 32.6 Å². The number of fused-ring (bicyclic) bond motifs is 1. The van der Waals surface area contributed by atoms with Gasteiger partial charge in [0.25, 0.3) is 0 Å². The molecule has 4 rings (SSSR count). The largest absolute Gasteiger partial charge is 0.301 e. The molecule has 7 heteroatoms. The standard InChI is InChI=1S/C20H21FN4OS/c21-16-5-3-4-15(12-16)13-24-8-10-25(11-9-24)14-19(26)23-20-22-17-6-1-2-7-18(17)27-20/h1-7,12H,8-11,13-14H2,(H,22,23,26). The number of aromatic nitrogens is 1. The molecule has 2 heterocycles. The van der Waals surface area contributed by atoms with Gasteiger partial charge in [-0.15, -0.1) is 0 Å². The van der Waals surface area contributed by atoms with E-state index in [0.717, 1.165) is 48.5 Å². The zero-order valence-corrected chi connectivity index (χ0v) is 15.7. The second-order valence-electron chi connectivity index (χ2n) is 6.72. The normalized spacial score (nSPS) is 15.9. The molecule has 27 heavy (non-hydrogen) atoms. The average Bonchev–Trinajstić information content (AvgIpc) is 3.05. The van der Waals surface area contributed by atoms with E-state index in [2.05, 4.69) is 20.1 Å². The van der Waals surface area contributed by atoms with E-state index < -0.39 is 0 Å². The Morgan fingerprint density at radius 1 is 1.07 bits per heavy atom. The minimum absolute atomic E-state index is 0.0346. The summed E-state index contributed by atoms with van der Waals surface area (Å²) in [6.07, 6.45) is 0. The Morgan fingerprint density at radius 2 is 1.85 bits per heavy atom. The Kier molecular flexibility index (Phi) is 5.42. The molecule has 0 aliphatic carbocycles. The highest BCUT2D eigenvalue weighted by molar-refractivity contribution is 7.22. The molecule has 2 aromatic carbocycles. The molecule has 0 unspecified atom stereocenters. The summed E-state index contributed by atoms with van der Waals surface area (Å²) in [7, 11) is 0. The zero-order valence-electron chi connectivity index (χ0n) is 14.9. The second kappa shape index (κ2) is 8.12. The number of para-hydroxylation sites is 1. The third-order valence-electron chi connectivity index (χ3n) is 4.67. The van der Waals surface area contributed by atoms with Crippen molar-refractivity contribution in [3.05, 3.63) is 59.9 Å². The van der Waals surface area contributed by atoms with E-state index in [1.54, 1.807) is 12.1 Å². The van der Waals surface area contributed by atoms with E-state index in [-0.39, 0.29) is 11.7 Å². The maximum atomic E-state index is 13.3. The predicted molar refractivity (Wildman–Crippen MR) is 106 cm³/mol. The van der Waals surface area contributed by atoms with Gasteiger partial charge in [-0.3, -0.25) is 14.6 Å². The lowest BCUT2D eigenvalue weighted by molar-refractivity contribution is -0.117. The van der Waals surface area contributed by atoms with Gasteiger partial charge in [-0.25, -0.2) is 9.37 Å². The van der Waals surface area contributed by atoms with Crippen LogP contribution in [0.2, 0.25) is 0 Å². The van der Waals surface area contributed by atoms with Crippen LogP contribution in [0.5, 0.6) is 0 Å². The van der Waals surface area contributed by atoms with Crippen molar-refractivity contribution in [3.8, 4) is 0 Å². The van der Waals surface area contributed by atoms with Gasteiger partial charge in [0.2, 0.25) is 5.91 Å². The minimum Gasteiger partial charge on any atom is -0.301 e. The molecular weight excluding hydrogens is 363 g/mol. The first-order chi connectivity index (χ1) is 13.2. The fourth-order valence-electron chi connectivity index (χ4n) is 3.29. The maximum Gasteiger partial charge on any atom is 0.240 e. The maximum absolute atomic E-state index is 13.3. The number of piperazine rings is 1. The summed E-state index contributed by atoms with van der Waals surface area (Å²) >= 11 is 1.49. The van der Waals surface area contributed by atoms with Gasteiger partial charge in [-0.1, -0.05) is 35.6 Å². The van der Waals surface area contributed by atoms with Crippen molar-refractivity contribution in [2.75, 3.05) is 38.0 Å². The fraction of sp³-hybridized carbons (Fsp3) is 0.300. The van der Waals surface area contributed by atoms with Gasteiger partial charge in [-0.05, 0) is 29.8 Å². The Hall–Kier alpha value is -2.35. The van der Waals surface area contributed by atoms with Gasteiger partial charge in [0.15, 0.2) is 5.13 Å². The molecule has 0 saturated carbocycles. The predicted octanol–water partition coefficient (Wildman–Crippen LogP) is 3.19. The first kappa shape index (κ1) is 18.0. The van der Waals surface area contributed by atoms with Crippen molar-refractivity contribution in [2.24, 2.45) is 0 Å². The van der Waals surface area contributed by atoms with E-state index in [9.17, 15) is 9.18 Å². The van der Waals surface area contributed by atoms with Gasteiger partial charge in [0, 0.05) is 32.7 Å². The van der Waals surface area contributed by atoms with E-state index in [4.69, 9.17) is 0 Å². The lowest BCUT2D eigenvalue weighted by Gasteiger charge is -2.34. The number of nitrogens with zero attached hydrogens (tertiary/aromatic N) is 3. The second-order valence-corrected chi connectivity index (χ2v) is 7.75. The van der Waals surface area contributed by atoms with Gasteiger partial charge in [0.05, 0.1) is 16.8 Å². The molecule has 1 saturated heterocycles. The summed E-state index contributed by atoms with van der Waals surface area (Å²) in [6, 6.07) is 14.6. The number of thiazole rings is 1. The summed E-state index contributed by atoms with van der Waals surface area (Å²) in [4.78, 5) is 21.2. The lowest BCUT2D eigenvalue weighted by Crippen LogP contribution is -2.48. The Bertz CT molecular complexity index is 903. The van der Waals surface area contributed by atoms with Crippen LogP contribution in [0.1, 0.15) is 5.56 Å². The van der Waals surface area contributed by atoms with Crippen LogP contribution in [-0.4, -0.2) is 53.4 Å². The van der Waals surface area contributed by atoms with Crippen LogP contribution in [0, 0.1) is 5.82 Å². The number of hydrogen-bond donors (Lipinski definition) is 1. The molecule has 0 radical (unpaired) electrons. The topological polar surface area (TPSA) is 48.5 Å². The van der Waals surface area contributed by atoms with Crippen LogP contribution in [0.4, 0.5) is 9.52 Å². The summed E-state index contributed by atoms with van der Waals surface area (Å²) in [5.74, 6) is -0.231. The van der Waals surface area contributed by atoms with Crippen LogP contribution >= 0.6 is 11.3 Å². The van der Waals surface area contributed by atoms with E-state index in [0.29, 0.717) is 11.7 Å². The Morgan fingerprint density at radius 3 is 2.63 bits per heavy atom. The van der Waals surface area contributed by atoms with Crippen molar-refractivity contribution in [2.45, 2.75) is 6.54 Å². The van der Waals surface area contributed by atoms with Crippen molar-refractivity contribution in [1.29, 1.82) is 0 Å². The number of carbonyl (C=O) groups is 1. The minimum atomic E-state index is -0.197. The number of halogens is 1. The third kappa shape index (κ3) is 4.68. The monoisotopic (exact) mass is 384 g/mol. The van der Waals surface area contributed by atoms with Crippen LogP contribution in [0.15, 0.2) is 48.5 Å². The molecule has 3 aromatic rings. The smallest absolute Gasteiger partial charge is 0.240 e. The molecule has 1 N–H and O–H groups in total. The number of rotatable bonds is 5. The van der Waals surface area contributed by atoms with E-state index >= 15 is 0 Å². The molecule has 1 aromatic heterocycles. The SMILES string of the molecule is O=C(CN1CCN(Cc2cccc(F)c2)CC1)Nc1nc2ccccc2s1. The summed E-state index contributed by atoms with van der Waals surface area (Å²) in [5.41, 5.74) is 1.89. The van der Waals surface area contributed by atoms with Crippen LogP contribution in [-0.2, 0) is 11.3 Å². The Balaban J connectivity index is 1.25. The molecule has 0 bridgehead atoms. The highest BCUT2D eigenvalue weighted by Crippen LogP contribution is 2.25. The number of anilines is 1. The van der Waals surface area contributed by atoms with E-state index in [1.165, 1.54) is 17.4 Å². The molecular formula is C20H21FN4OS. The molecule has 1 amide bonds.